The van der Waals surface area contributed by atoms with Crippen molar-refractivity contribution in [3.63, 3.8) is 0 Å². The summed E-state index contributed by atoms with van der Waals surface area (Å²) in [6, 6.07) is 0. The first-order chi connectivity index (χ1) is 4.04. The highest BCUT2D eigenvalue weighted by Gasteiger charge is 2.39. The van der Waals surface area contributed by atoms with E-state index >= 15 is 0 Å². The molecule has 54 valence electrons. The van der Waals surface area contributed by atoms with Crippen LogP contribution in [-0.4, -0.2) is 19.1 Å². The van der Waals surface area contributed by atoms with Crippen molar-refractivity contribution < 1.29 is 22.8 Å². The molecule has 0 saturated carbocycles. The smallest absolute Gasteiger partial charge is 0.316 e. The van der Waals surface area contributed by atoms with Crippen molar-refractivity contribution in [2.75, 3.05) is 7.11 Å². The molecule has 0 aliphatic rings. The average Bonchev–Trinajstić information content (AvgIpc) is 1.86. The quantitative estimate of drug-likeness (QED) is 0.562. The molecule has 0 heterocycles. The maximum atomic E-state index is 11.7. The number of hydrogen-bond acceptors (Lipinski definition) is 2. The van der Waals surface area contributed by atoms with E-state index in [0.29, 0.717) is 7.11 Å². The van der Waals surface area contributed by atoms with Crippen molar-refractivity contribution in [1.82, 2.24) is 5.54 Å². The fourth-order valence-corrected chi connectivity index (χ4v) is 0.148. The second-order valence-electron chi connectivity index (χ2n) is 1.14. The number of amides is 1. The zero-order chi connectivity index (χ0) is 7.49. The minimum absolute atomic E-state index is 0.242. The predicted octanol–water partition coefficient (Wildman–Crippen LogP) is 0.226. The highest BCUT2D eigenvalue weighted by atomic mass is 19.3. The van der Waals surface area contributed by atoms with Gasteiger partial charge in [0, 0.05) is 7.11 Å². The minimum Gasteiger partial charge on any atom is -0.316 e. The van der Waals surface area contributed by atoms with E-state index in [1.807, 2.05) is 0 Å². The molecule has 0 saturated heterocycles. The number of rotatable bonds is 2. The van der Waals surface area contributed by atoms with Gasteiger partial charge in [-0.1, -0.05) is 4.48 Å². The molecular formula is C3H4F3NO2. The van der Waals surface area contributed by atoms with Crippen LogP contribution in [-0.2, 0) is 9.53 Å². The molecule has 0 unspecified atom stereocenters. The van der Waals surface area contributed by atoms with Gasteiger partial charge in [0.2, 0.25) is 0 Å². The van der Waals surface area contributed by atoms with Crippen molar-refractivity contribution in [1.29, 1.82) is 0 Å². The van der Waals surface area contributed by atoms with Gasteiger partial charge in [-0.05, 0) is 0 Å². The molecule has 6 heteroatoms. The molecule has 0 radical (unpaired) electrons. The summed E-state index contributed by atoms with van der Waals surface area (Å²) in [6.45, 7) is 0. The summed E-state index contributed by atoms with van der Waals surface area (Å²) in [5, 5.41) is 0. The molecule has 0 bridgehead atoms. The molecule has 0 aromatic heterocycles. The second kappa shape index (κ2) is 2.67. The highest BCUT2D eigenvalue weighted by Crippen LogP contribution is 2.12. The van der Waals surface area contributed by atoms with Crippen molar-refractivity contribution in [3.8, 4) is 0 Å². The molecule has 0 aliphatic carbocycles. The standard InChI is InChI=1S/C3H4F3NO2/c1-9-3(4,5)2(8)7-6/h1H3,(H,7,8). The number of halogens is 3. The van der Waals surface area contributed by atoms with Gasteiger partial charge in [-0.2, -0.15) is 14.3 Å². The monoisotopic (exact) mass is 143 g/mol. The van der Waals surface area contributed by atoms with E-state index in [0.717, 1.165) is 0 Å². The van der Waals surface area contributed by atoms with Gasteiger partial charge in [0.25, 0.3) is 0 Å². The molecule has 0 atom stereocenters. The summed E-state index contributed by atoms with van der Waals surface area (Å²) in [4.78, 5) is 9.70. The molecular weight excluding hydrogens is 139 g/mol. The summed E-state index contributed by atoms with van der Waals surface area (Å²) >= 11 is 0. The Morgan fingerprint density at radius 1 is 1.67 bits per heavy atom. The van der Waals surface area contributed by atoms with Gasteiger partial charge in [-0.3, -0.25) is 4.79 Å². The zero-order valence-electron chi connectivity index (χ0n) is 4.45. The van der Waals surface area contributed by atoms with Crippen LogP contribution in [0.15, 0.2) is 0 Å². The molecule has 9 heavy (non-hydrogen) atoms. The Kier molecular flexibility index (Phi) is 2.44. The van der Waals surface area contributed by atoms with E-state index in [1.165, 1.54) is 0 Å². The Morgan fingerprint density at radius 2 is 2.11 bits per heavy atom. The van der Waals surface area contributed by atoms with Gasteiger partial charge in [-0.25, -0.2) is 0 Å². The first-order valence-electron chi connectivity index (χ1n) is 1.88. The summed E-state index contributed by atoms with van der Waals surface area (Å²) in [5.41, 5.74) is 0.242. The Hall–Kier alpha value is -0.780. The van der Waals surface area contributed by atoms with Crippen LogP contribution in [0, 0.1) is 0 Å². The SMILES string of the molecule is COC(F)(F)C(=O)NF. The van der Waals surface area contributed by atoms with Crippen LogP contribution in [0.3, 0.4) is 0 Å². The first-order valence-corrected chi connectivity index (χ1v) is 1.88. The van der Waals surface area contributed by atoms with Gasteiger partial charge in [-0.15, -0.1) is 0 Å². The molecule has 0 aromatic rings. The number of methoxy groups -OCH3 is 1. The zero-order valence-corrected chi connectivity index (χ0v) is 4.45. The van der Waals surface area contributed by atoms with Gasteiger partial charge < -0.3 is 4.74 Å². The number of carbonyl (C=O) groups excluding carboxylic acids is 1. The average molecular weight is 143 g/mol. The van der Waals surface area contributed by atoms with E-state index in [2.05, 4.69) is 4.74 Å². The minimum atomic E-state index is -4.07. The summed E-state index contributed by atoms with van der Waals surface area (Å²) < 4.78 is 37.6. The molecule has 1 N–H and O–H groups in total. The van der Waals surface area contributed by atoms with Crippen LogP contribution in [0.2, 0.25) is 0 Å². The van der Waals surface area contributed by atoms with E-state index < -0.39 is 12.0 Å². The maximum Gasteiger partial charge on any atom is 0.438 e. The molecule has 0 aromatic carbocycles. The Balaban J connectivity index is 3.97. The predicted molar refractivity (Wildman–Crippen MR) is 21.2 cm³/mol. The van der Waals surface area contributed by atoms with Crippen LogP contribution < -0.4 is 5.54 Å². The third kappa shape index (κ3) is 1.88. The van der Waals surface area contributed by atoms with Gasteiger partial charge >= 0.3 is 12.0 Å². The Bertz CT molecular complexity index is 116. The van der Waals surface area contributed by atoms with Crippen LogP contribution in [0.4, 0.5) is 13.3 Å². The third-order valence-electron chi connectivity index (χ3n) is 0.607. The lowest BCUT2D eigenvalue weighted by atomic mass is 10.6. The molecule has 0 rings (SSSR count). The van der Waals surface area contributed by atoms with Crippen LogP contribution >= 0.6 is 0 Å². The van der Waals surface area contributed by atoms with E-state index in [4.69, 9.17) is 0 Å². The normalized spacial score (nSPS) is 11.1. The van der Waals surface area contributed by atoms with Gasteiger partial charge in [0.05, 0.1) is 0 Å². The lowest BCUT2D eigenvalue weighted by Crippen LogP contribution is -2.37. The summed E-state index contributed by atoms with van der Waals surface area (Å²) in [6.07, 6.45) is -4.07. The second-order valence-corrected chi connectivity index (χ2v) is 1.14. The van der Waals surface area contributed by atoms with Crippen molar-refractivity contribution in [3.05, 3.63) is 0 Å². The van der Waals surface area contributed by atoms with Crippen LogP contribution in [0.5, 0.6) is 0 Å². The number of nitrogens with one attached hydrogen (secondary N) is 1. The van der Waals surface area contributed by atoms with Crippen molar-refractivity contribution >= 4 is 5.91 Å². The van der Waals surface area contributed by atoms with Gasteiger partial charge in [0.15, 0.2) is 0 Å². The topological polar surface area (TPSA) is 38.3 Å². The highest BCUT2D eigenvalue weighted by molar-refractivity contribution is 5.80. The van der Waals surface area contributed by atoms with Crippen LogP contribution in [0.1, 0.15) is 0 Å². The Labute approximate surface area is 48.7 Å². The number of ether oxygens (including phenoxy) is 1. The number of alkyl halides is 2. The summed E-state index contributed by atoms with van der Waals surface area (Å²) in [5.74, 6) is -2.11. The molecule has 0 spiro atoms. The lowest BCUT2D eigenvalue weighted by molar-refractivity contribution is -0.222. The molecule has 3 nitrogen and oxygen atoms in total. The fraction of sp³-hybridized carbons (Fsp3) is 0.667. The van der Waals surface area contributed by atoms with Gasteiger partial charge in [0.1, 0.15) is 0 Å². The Morgan fingerprint density at radius 3 is 2.22 bits per heavy atom. The first kappa shape index (κ1) is 8.22. The van der Waals surface area contributed by atoms with E-state index in [-0.39, 0.29) is 5.54 Å². The maximum absolute atomic E-state index is 11.7. The fourth-order valence-electron chi connectivity index (χ4n) is 0.148. The van der Waals surface area contributed by atoms with Crippen molar-refractivity contribution in [2.24, 2.45) is 0 Å². The van der Waals surface area contributed by atoms with Crippen LogP contribution in [0.25, 0.3) is 0 Å². The lowest BCUT2D eigenvalue weighted by Gasteiger charge is -2.08. The van der Waals surface area contributed by atoms with E-state index in [1.54, 1.807) is 0 Å². The number of hydrogen-bond donors (Lipinski definition) is 1. The van der Waals surface area contributed by atoms with Crippen molar-refractivity contribution in [2.45, 2.75) is 6.11 Å². The third-order valence-corrected chi connectivity index (χ3v) is 0.607. The molecule has 0 aliphatic heterocycles. The summed E-state index contributed by atoms with van der Waals surface area (Å²) in [7, 11) is 0.592. The largest absolute Gasteiger partial charge is 0.438 e. The molecule has 0 fully saturated rings. The van der Waals surface area contributed by atoms with E-state index in [9.17, 15) is 18.1 Å². The molecule has 1 amide bonds. The number of carbonyl (C=O) groups is 1.